The zero-order valence-electron chi connectivity index (χ0n) is 14.9. The van der Waals surface area contributed by atoms with Gasteiger partial charge in [0.05, 0.1) is 11.4 Å². The van der Waals surface area contributed by atoms with E-state index < -0.39 is 22.8 Å². The second-order valence-electron chi connectivity index (χ2n) is 6.22. The Morgan fingerprint density at radius 3 is 2.76 bits per heavy atom. The lowest BCUT2D eigenvalue weighted by Gasteiger charge is -2.18. The highest BCUT2D eigenvalue weighted by Crippen LogP contribution is 2.34. The monoisotopic (exact) mass is 419 g/mol. The number of rotatable bonds is 4. The standard InChI is InChI=1S/C19H15F2N3O4S/c20-10-1-3-13(12(21)7-10)23-17(25)9-16-18(26)24-19(29-16)22-11-2-4-14-15(8-11)28-6-5-27-14/h1-4,7-8,16H,5-6,9H2,(H,23,25)(H,22,24,26)/t16-/m0/s1. The van der Waals surface area contributed by atoms with E-state index in [0.717, 1.165) is 23.9 Å². The van der Waals surface area contributed by atoms with Gasteiger partial charge in [-0.3, -0.25) is 9.59 Å². The molecule has 0 aromatic heterocycles. The summed E-state index contributed by atoms with van der Waals surface area (Å²) in [4.78, 5) is 28.6. The number of benzene rings is 2. The average Bonchev–Trinajstić information content (AvgIpc) is 3.02. The van der Waals surface area contributed by atoms with Crippen molar-refractivity contribution in [2.45, 2.75) is 11.7 Å². The number of anilines is 1. The molecule has 1 atom stereocenters. The summed E-state index contributed by atoms with van der Waals surface area (Å²) in [6.45, 7) is 0.933. The Balaban J connectivity index is 1.40. The Kier molecular flexibility index (Phi) is 5.34. The number of ether oxygens (including phenoxy) is 2. The van der Waals surface area contributed by atoms with Crippen molar-refractivity contribution < 1.29 is 27.8 Å². The largest absolute Gasteiger partial charge is 0.486 e. The van der Waals surface area contributed by atoms with Crippen LogP contribution < -0.4 is 20.1 Å². The first-order chi connectivity index (χ1) is 14.0. The fourth-order valence-electron chi connectivity index (χ4n) is 2.77. The third-order valence-electron chi connectivity index (χ3n) is 4.11. The minimum Gasteiger partial charge on any atom is -0.486 e. The normalized spacial score (nSPS) is 19.2. The lowest BCUT2D eigenvalue weighted by atomic mass is 10.2. The molecular formula is C19H15F2N3O4S. The van der Waals surface area contributed by atoms with E-state index in [-0.39, 0.29) is 18.0 Å². The van der Waals surface area contributed by atoms with Crippen molar-refractivity contribution in [3.05, 3.63) is 48.0 Å². The summed E-state index contributed by atoms with van der Waals surface area (Å²) in [5.74, 6) is -1.37. The molecule has 0 saturated carbocycles. The number of carbonyl (C=O) groups excluding carboxylic acids is 2. The van der Waals surface area contributed by atoms with Crippen LogP contribution in [0.5, 0.6) is 11.5 Å². The van der Waals surface area contributed by atoms with Crippen molar-refractivity contribution in [1.82, 2.24) is 5.32 Å². The molecule has 29 heavy (non-hydrogen) atoms. The highest BCUT2D eigenvalue weighted by atomic mass is 32.2. The number of nitrogens with one attached hydrogen (secondary N) is 2. The summed E-state index contributed by atoms with van der Waals surface area (Å²) in [7, 11) is 0. The summed E-state index contributed by atoms with van der Waals surface area (Å²) in [6.07, 6.45) is -0.187. The minimum absolute atomic E-state index is 0.148. The number of carbonyl (C=O) groups is 2. The number of hydrogen-bond donors (Lipinski definition) is 2. The van der Waals surface area contributed by atoms with Crippen LogP contribution in [0, 0.1) is 11.6 Å². The van der Waals surface area contributed by atoms with Gasteiger partial charge in [-0.2, -0.15) is 0 Å². The lowest BCUT2D eigenvalue weighted by Crippen LogP contribution is -2.28. The lowest BCUT2D eigenvalue weighted by molar-refractivity contribution is -0.122. The van der Waals surface area contributed by atoms with Crippen LogP contribution in [-0.4, -0.2) is 35.4 Å². The van der Waals surface area contributed by atoms with E-state index in [4.69, 9.17) is 9.47 Å². The predicted octanol–water partition coefficient (Wildman–Crippen LogP) is 2.98. The molecule has 0 radical (unpaired) electrons. The van der Waals surface area contributed by atoms with Gasteiger partial charge >= 0.3 is 0 Å². The van der Waals surface area contributed by atoms with Gasteiger partial charge in [0.2, 0.25) is 11.8 Å². The Hall–Kier alpha value is -3.14. The van der Waals surface area contributed by atoms with Crippen molar-refractivity contribution in [3.63, 3.8) is 0 Å². The van der Waals surface area contributed by atoms with Crippen molar-refractivity contribution in [1.29, 1.82) is 0 Å². The Bertz CT molecular complexity index is 1010. The third kappa shape index (κ3) is 4.48. The number of amides is 2. The summed E-state index contributed by atoms with van der Waals surface area (Å²) >= 11 is 1.10. The topological polar surface area (TPSA) is 89.0 Å². The maximum Gasteiger partial charge on any atom is 0.240 e. The molecule has 2 heterocycles. The highest BCUT2D eigenvalue weighted by molar-refractivity contribution is 8.15. The predicted molar refractivity (Wildman–Crippen MR) is 104 cm³/mol. The van der Waals surface area contributed by atoms with Crippen molar-refractivity contribution in [2.75, 3.05) is 18.5 Å². The SMILES string of the molecule is O=C(C[C@@H]1SC(=Nc2ccc3c(c2)OCCO3)NC1=O)Nc1ccc(F)cc1F. The molecule has 2 aliphatic heterocycles. The van der Waals surface area contributed by atoms with E-state index in [2.05, 4.69) is 15.6 Å². The first kappa shape index (κ1) is 19.2. The van der Waals surface area contributed by atoms with E-state index in [9.17, 15) is 18.4 Å². The maximum atomic E-state index is 13.6. The van der Waals surface area contributed by atoms with Gasteiger partial charge in [0, 0.05) is 18.6 Å². The second kappa shape index (κ2) is 8.08. The van der Waals surface area contributed by atoms with Crippen molar-refractivity contribution in [3.8, 4) is 11.5 Å². The van der Waals surface area contributed by atoms with Gasteiger partial charge in [-0.1, -0.05) is 11.8 Å². The number of fused-ring (bicyclic) bond motifs is 1. The summed E-state index contributed by atoms with van der Waals surface area (Å²) in [5.41, 5.74) is 0.417. The van der Waals surface area contributed by atoms with Crippen LogP contribution >= 0.6 is 11.8 Å². The van der Waals surface area contributed by atoms with E-state index in [1.54, 1.807) is 18.2 Å². The Morgan fingerprint density at radius 2 is 1.97 bits per heavy atom. The van der Waals surface area contributed by atoms with Gasteiger partial charge in [-0.05, 0) is 24.3 Å². The van der Waals surface area contributed by atoms with Gasteiger partial charge in [-0.25, -0.2) is 13.8 Å². The third-order valence-corrected chi connectivity index (χ3v) is 5.19. The van der Waals surface area contributed by atoms with E-state index in [1.165, 1.54) is 0 Å². The van der Waals surface area contributed by atoms with Crippen molar-refractivity contribution in [2.24, 2.45) is 4.99 Å². The fraction of sp³-hybridized carbons (Fsp3) is 0.211. The molecule has 2 aromatic rings. The molecule has 4 rings (SSSR count). The zero-order valence-corrected chi connectivity index (χ0v) is 15.7. The number of nitrogens with zero attached hydrogens (tertiary/aromatic N) is 1. The van der Waals surface area contributed by atoms with Crippen LogP contribution in [0.4, 0.5) is 20.2 Å². The number of aliphatic imine (C=N–C) groups is 1. The molecule has 2 N–H and O–H groups in total. The second-order valence-corrected chi connectivity index (χ2v) is 7.41. The van der Waals surface area contributed by atoms with Crippen molar-refractivity contribution >= 4 is 40.1 Å². The van der Waals surface area contributed by atoms with Gasteiger partial charge in [0.25, 0.3) is 0 Å². The summed E-state index contributed by atoms with van der Waals surface area (Å²) in [5, 5.41) is 4.59. The van der Waals surface area contributed by atoms with E-state index in [0.29, 0.717) is 41.6 Å². The minimum atomic E-state index is -0.886. The molecule has 0 unspecified atom stereocenters. The van der Waals surface area contributed by atoms with E-state index in [1.807, 2.05) is 0 Å². The molecule has 2 aromatic carbocycles. The fourth-order valence-corrected chi connectivity index (χ4v) is 3.76. The number of thioether (sulfide) groups is 1. The molecule has 2 amide bonds. The molecule has 1 fully saturated rings. The number of halogens is 2. The smallest absolute Gasteiger partial charge is 0.240 e. The first-order valence-electron chi connectivity index (χ1n) is 8.69. The van der Waals surface area contributed by atoms with Gasteiger partial charge in [0.15, 0.2) is 16.7 Å². The zero-order chi connectivity index (χ0) is 20.4. The Labute approximate surface area is 168 Å². The molecule has 0 aliphatic carbocycles. The van der Waals surface area contributed by atoms with E-state index >= 15 is 0 Å². The maximum absolute atomic E-state index is 13.6. The number of amidine groups is 1. The van der Waals surface area contributed by atoms with Crippen LogP contribution in [0.1, 0.15) is 6.42 Å². The van der Waals surface area contributed by atoms with Gasteiger partial charge in [-0.15, -0.1) is 0 Å². The molecule has 0 spiro atoms. The molecule has 150 valence electrons. The van der Waals surface area contributed by atoms with Crippen LogP contribution in [-0.2, 0) is 9.59 Å². The molecule has 2 aliphatic rings. The summed E-state index contributed by atoms with van der Waals surface area (Å²) < 4.78 is 37.5. The van der Waals surface area contributed by atoms with Crippen LogP contribution in [0.3, 0.4) is 0 Å². The molecule has 1 saturated heterocycles. The van der Waals surface area contributed by atoms with Crippen LogP contribution in [0.15, 0.2) is 41.4 Å². The molecule has 0 bridgehead atoms. The van der Waals surface area contributed by atoms with Gasteiger partial charge < -0.3 is 20.1 Å². The van der Waals surface area contributed by atoms with Gasteiger partial charge in [0.1, 0.15) is 30.1 Å². The molecule has 7 nitrogen and oxygen atoms in total. The molecule has 10 heteroatoms. The first-order valence-corrected chi connectivity index (χ1v) is 9.57. The quantitative estimate of drug-likeness (QED) is 0.796. The number of hydrogen-bond acceptors (Lipinski definition) is 6. The Morgan fingerprint density at radius 1 is 1.17 bits per heavy atom. The van der Waals surface area contributed by atoms with Crippen LogP contribution in [0.25, 0.3) is 0 Å². The highest BCUT2D eigenvalue weighted by Gasteiger charge is 2.32. The molecular weight excluding hydrogens is 404 g/mol. The average molecular weight is 419 g/mol. The van der Waals surface area contributed by atoms with Crippen LogP contribution in [0.2, 0.25) is 0 Å². The summed E-state index contributed by atoms with van der Waals surface area (Å²) in [6, 6.07) is 7.99.